The van der Waals surface area contributed by atoms with Gasteiger partial charge in [-0.15, -0.1) is 0 Å². The molecule has 1 N–H and O–H groups in total. The molecule has 1 heterocycles. The number of Topliss-reactive ketones (excluding diaryl/α,β-unsaturated/α-hetero) is 1. The van der Waals surface area contributed by atoms with E-state index in [0.717, 1.165) is 18.5 Å². The SMILES string of the molecule is COC(=O)Nc1nc2c(s1)C(=O)CCC2. The highest BCUT2D eigenvalue weighted by Crippen LogP contribution is 2.29. The predicted molar refractivity (Wildman–Crippen MR) is 55.4 cm³/mol. The number of carbonyl (C=O) groups excluding carboxylic acids is 2. The van der Waals surface area contributed by atoms with Crippen molar-refractivity contribution in [3.05, 3.63) is 10.6 Å². The van der Waals surface area contributed by atoms with Crippen LogP contribution in [-0.4, -0.2) is 24.0 Å². The Hall–Kier alpha value is -1.43. The van der Waals surface area contributed by atoms with Crippen molar-refractivity contribution < 1.29 is 14.3 Å². The first-order valence-electron chi connectivity index (χ1n) is 4.58. The first-order valence-corrected chi connectivity index (χ1v) is 5.40. The molecule has 1 aromatic heterocycles. The monoisotopic (exact) mass is 226 g/mol. The number of thiazole rings is 1. The lowest BCUT2D eigenvalue weighted by atomic mass is 10.0. The quantitative estimate of drug-likeness (QED) is 0.793. The number of aromatic nitrogens is 1. The molecule has 1 aliphatic carbocycles. The maximum absolute atomic E-state index is 11.5. The van der Waals surface area contributed by atoms with E-state index in [-0.39, 0.29) is 5.78 Å². The van der Waals surface area contributed by atoms with E-state index in [1.165, 1.54) is 18.4 Å². The lowest BCUT2D eigenvalue weighted by Crippen LogP contribution is -2.10. The van der Waals surface area contributed by atoms with Gasteiger partial charge in [0.1, 0.15) is 0 Å². The summed E-state index contributed by atoms with van der Waals surface area (Å²) in [7, 11) is 1.29. The average molecular weight is 226 g/mol. The van der Waals surface area contributed by atoms with Gasteiger partial charge in [-0.05, 0) is 12.8 Å². The topological polar surface area (TPSA) is 68.3 Å². The Morgan fingerprint density at radius 2 is 2.33 bits per heavy atom. The Morgan fingerprint density at radius 1 is 1.53 bits per heavy atom. The van der Waals surface area contributed by atoms with Crippen LogP contribution in [0.4, 0.5) is 9.93 Å². The number of carbonyl (C=O) groups is 2. The molecule has 0 radical (unpaired) electrons. The number of amides is 1. The zero-order valence-corrected chi connectivity index (χ0v) is 9.02. The van der Waals surface area contributed by atoms with E-state index >= 15 is 0 Å². The Labute approximate surface area is 90.5 Å². The largest absolute Gasteiger partial charge is 0.453 e. The van der Waals surface area contributed by atoms with Crippen LogP contribution in [0.3, 0.4) is 0 Å². The third kappa shape index (κ3) is 1.99. The third-order valence-corrected chi connectivity index (χ3v) is 3.22. The highest BCUT2D eigenvalue weighted by atomic mass is 32.1. The van der Waals surface area contributed by atoms with Crippen LogP contribution in [0.1, 0.15) is 28.2 Å². The first kappa shape index (κ1) is 10.1. The van der Waals surface area contributed by atoms with Crippen molar-refractivity contribution >= 4 is 28.3 Å². The zero-order chi connectivity index (χ0) is 10.8. The van der Waals surface area contributed by atoms with Gasteiger partial charge in [0.2, 0.25) is 0 Å². The molecule has 6 heteroatoms. The van der Waals surface area contributed by atoms with Crippen molar-refractivity contribution in [2.24, 2.45) is 0 Å². The Kier molecular flexibility index (Phi) is 2.68. The molecule has 1 aromatic rings. The Bertz CT molecular complexity index is 413. The smallest absolute Gasteiger partial charge is 0.413 e. The molecule has 1 aliphatic rings. The van der Waals surface area contributed by atoms with Crippen molar-refractivity contribution in [2.45, 2.75) is 19.3 Å². The molecule has 0 aromatic carbocycles. The number of rotatable bonds is 1. The van der Waals surface area contributed by atoms with Gasteiger partial charge in [0.05, 0.1) is 17.7 Å². The number of fused-ring (bicyclic) bond motifs is 1. The Morgan fingerprint density at radius 3 is 3.00 bits per heavy atom. The fourth-order valence-corrected chi connectivity index (χ4v) is 2.43. The van der Waals surface area contributed by atoms with Crippen molar-refractivity contribution in [2.75, 3.05) is 12.4 Å². The third-order valence-electron chi connectivity index (χ3n) is 2.16. The summed E-state index contributed by atoms with van der Waals surface area (Å²) in [4.78, 5) is 27.3. The fraction of sp³-hybridized carbons (Fsp3) is 0.444. The number of nitrogens with one attached hydrogen (secondary N) is 1. The summed E-state index contributed by atoms with van der Waals surface area (Å²) in [6.45, 7) is 0. The molecule has 0 unspecified atom stereocenters. The number of hydrogen-bond donors (Lipinski definition) is 1. The van der Waals surface area contributed by atoms with Gasteiger partial charge in [-0.25, -0.2) is 9.78 Å². The predicted octanol–water partition coefficient (Wildman–Crippen LogP) is 1.84. The van der Waals surface area contributed by atoms with E-state index in [9.17, 15) is 9.59 Å². The van der Waals surface area contributed by atoms with E-state index in [4.69, 9.17) is 0 Å². The lowest BCUT2D eigenvalue weighted by Gasteiger charge is -2.05. The highest BCUT2D eigenvalue weighted by Gasteiger charge is 2.22. The zero-order valence-electron chi connectivity index (χ0n) is 8.20. The minimum absolute atomic E-state index is 0.117. The van der Waals surface area contributed by atoms with Gasteiger partial charge >= 0.3 is 6.09 Å². The standard InChI is InChI=1S/C9H10N2O3S/c1-14-9(13)11-8-10-5-3-2-4-6(12)7(5)15-8/h2-4H2,1H3,(H,10,11,13). The molecule has 15 heavy (non-hydrogen) atoms. The van der Waals surface area contributed by atoms with Crippen molar-refractivity contribution in [3.63, 3.8) is 0 Å². The second kappa shape index (κ2) is 3.98. The number of ketones is 1. The van der Waals surface area contributed by atoms with Crippen LogP contribution in [-0.2, 0) is 11.2 Å². The average Bonchev–Trinajstić information content (AvgIpc) is 2.62. The van der Waals surface area contributed by atoms with Gasteiger partial charge in [0.25, 0.3) is 0 Å². The van der Waals surface area contributed by atoms with Crippen LogP contribution in [0.2, 0.25) is 0 Å². The van der Waals surface area contributed by atoms with Gasteiger partial charge in [0.15, 0.2) is 10.9 Å². The summed E-state index contributed by atoms with van der Waals surface area (Å²) >= 11 is 1.21. The summed E-state index contributed by atoms with van der Waals surface area (Å²) in [5.41, 5.74) is 0.794. The van der Waals surface area contributed by atoms with Gasteiger partial charge in [0, 0.05) is 6.42 Å². The molecule has 0 aliphatic heterocycles. The minimum atomic E-state index is -0.562. The minimum Gasteiger partial charge on any atom is -0.453 e. The summed E-state index contributed by atoms with van der Waals surface area (Å²) in [5, 5.41) is 2.90. The summed E-state index contributed by atoms with van der Waals surface area (Å²) in [5.74, 6) is 0.117. The van der Waals surface area contributed by atoms with Crippen LogP contribution in [0.5, 0.6) is 0 Å². The first-order chi connectivity index (χ1) is 7.20. The van der Waals surface area contributed by atoms with Crippen LogP contribution in [0, 0.1) is 0 Å². The van der Waals surface area contributed by atoms with E-state index in [1.807, 2.05) is 0 Å². The summed E-state index contributed by atoms with van der Waals surface area (Å²) < 4.78 is 4.44. The number of ether oxygens (including phenoxy) is 1. The van der Waals surface area contributed by atoms with Gasteiger partial charge < -0.3 is 4.74 Å². The van der Waals surface area contributed by atoms with E-state index < -0.39 is 6.09 Å². The van der Waals surface area contributed by atoms with Gasteiger partial charge in [-0.3, -0.25) is 10.1 Å². The molecule has 0 bridgehead atoms. The molecule has 80 valence electrons. The second-order valence-corrected chi connectivity index (χ2v) is 4.19. The maximum atomic E-state index is 11.5. The molecule has 1 amide bonds. The maximum Gasteiger partial charge on any atom is 0.413 e. The summed E-state index contributed by atoms with van der Waals surface area (Å²) in [6.07, 6.45) is 1.66. The molecule has 0 atom stereocenters. The van der Waals surface area contributed by atoms with E-state index in [2.05, 4.69) is 15.0 Å². The van der Waals surface area contributed by atoms with Gasteiger partial charge in [-0.2, -0.15) is 0 Å². The molecular weight excluding hydrogens is 216 g/mol. The number of nitrogens with zero attached hydrogens (tertiary/aromatic N) is 1. The number of hydrogen-bond acceptors (Lipinski definition) is 5. The van der Waals surface area contributed by atoms with Crippen molar-refractivity contribution in [1.29, 1.82) is 0 Å². The van der Waals surface area contributed by atoms with Crippen molar-refractivity contribution in [3.8, 4) is 0 Å². The molecule has 2 rings (SSSR count). The number of methoxy groups -OCH3 is 1. The van der Waals surface area contributed by atoms with Crippen LogP contribution < -0.4 is 5.32 Å². The molecule has 0 spiro atoms. The van der Waals surface area contributed by atoms with E-state index in [1.54, 1.807) is 0 Å². The summed E-state index contributed by atoms with van der Waals surface area (Å²) in [6, 6.07) is 0. The molecule has 0 saturated heterocycles. The Balaban J connectivity index is 2.22. The van der Waals surface area contributed by atoms with Crippen LogP contribution >= 0.6 is 11.3 Å². The molecular formula is C9H10N2O3S. The molecule has 0 saturated carbocycles. The molecule has 5 nitrogen and oxygen atoms in total. The van der Waals surface area contributed by atoms with E-state index in [0.29, 0.717) is 16.4 Å². The second-order valence-electron chi connectivity index (χ2n) is 3.19. The van der Waals surface area contributed by atoms with Crippen LogP contribution in [0.25, 0.3) is 0 Å². The highest BCUT2D eigenvalue weighted by molar-refractivity contribution is 7.17. The van der Waals surface area contributed by atoms with Crippen molar-refractivity contribution in [1.82, 2.24) is 4.98 Å². The number of aryl methyl sites for hydroxylation is 1. The molecule has 0 fully saturated rings. The van der Waals surface area contributed by atoms with Crippen LogP contribution in [0.15, 0.2) is 0 Å². The fourth-order valence-electron chi connectivity index (χ4n) is 1.46. The number of anilines is 1. The van der Waals surface area contributed by atoms with Gasteiger partial charge in [-0.1, -0.05) is 11.3 Å². The normalized spacial score (nSPS) is 14.6. The lowest BCUT2D eigenvalue weighted by molar-refractivity contribution is 0.0976.